The number of likely N-dealkylation sites (tertiary alicyclic amines) is 1. The average molecular weight is 431 g/mol. The van der Waals surface area contributed by atoms with Gasteiger partial charge in [-0.2, -0.15) is 13.2 Å². The summed E-state index contributed by atoms with van der Waals surface area (Å²) in [5.74, 6) is -0.254. The molecule has 1 atom stereocenters. The molecule has 2 aliphatic heterocycles. The van der Waals surface area contributed by atoms with Gasteiger partial charge in [0.15, 0.2) is 0 Å². The lowest BCUT2D eigenvalue weighted by atomic mass is 10.0. The first-order valence-electron chi connectivity index (χ1n) is 10.4. The fraction of sp³-hybridized carbons (Fsp3) is 0.391. The Balaban J connectivity index is 1.29. The van der Waals surface area contributed by atoms with E-state index in [1.165, 1.54) is 12.1 Å². The smallest absolute Gasteiger partial charge is 0.350 e. The predicted octanol–water partition coefficient (Wildman–Crippen LogP) is 3.38. The van der Waals surface area contributed by atoms with Crippen molar-refractivity contribution in [2.75, 3.05) is 24.5 Å². The molecular weight excluding hydrogens is 407 g/mol. The van der Waals surface area contributed by atoms with Gasteiger partial charge in [-0.05, 0) is 42.2 Å². The van der Waals surface area contributed by atoms with E-state index in [0.717, 1.165) is 41.9 Å². The molecule has 1 saturated heterocycles. The van der Waals surface area contributed by atoms with Gasteiger partial charge in [0.05, 0.1) is 5.56 Å². The van der Waals surface area contributed by atoms with Crippen LogP contribution in [0, 0.1) is 0 Å². The maximum Gasteiger partial charge on any atom is 0.416 e. The molecule has 0 radical (unpaired) electrons. The lowest BCUT2D eigenvalue weighted by Crippen LogP contribution is -2.46. The molecule has 1 unspecified atom stereocenters. The Bertz CT molecular complexity index is 959. The van der Waals surface area contributed by atoms with Crippen molar-refractivity contribution < 1.29 is 22.8 Å². The zero-order valence-electron chi connectivity index (χ0n) is 17.0. The van der Waals surface area contributed by atoms with E-state index in [0.29, 0.717) is 25.9 Å². The second kappa shape index (κ2) is 8.70. The molecule has 5 nitrogen and oxygen atoms in total. The molecule has 2 heterocycles. The summed E-state index contributed by atoms with van der Waals surface area (Å²) in [6, 6.07) is 12.8. The van der Waals surface area contributed by atoms with E-state index in [4.69, 9.17) is 0 Å². The molecule has 0 aliphatic carbocycles. The van der Waals surface area contributed by atoms with Crippen molar-refractivity contribution in [3.8, 4) is 0 Å². The first kappa shape index (κ1) is 21.4. The summed E-state index contributed by atoms with van der Waals surface area (Å²) >= 11 is 0. The molecule has 2 aromatic carbocycles. The van der Waals surface area contributed by atoms with Crippen LogP contribution in [0.15, 0.2) is 48.5 Å². The van der Waals surface area contributed by atoms with Crippen LogP contribution in [0.1, 0.15) is 29.5 Å². The van der Waals surface area contributed by atoms with Gasteiger partial charge in [0.2, 0.25) is 11.8 Å². The molecule has 0 saturated carbocycles. The first-order chi connectivity index (χ1) is 14.8. The molecular formula is C23H24F3N3O2. The van der Waals surface area contributed by atoms with E-state index >= 15 is 0 Å². The van der Waals surface area contributed by atoms with Crippen LogP contribution >= 0.6 is 0 Å². The van der Waals surface area contributed by atoms with Crippen molar-refractivity contribution in [3.63, 3.8) is 0 Å². The monoisotopic (exact) mass is 431 g/mol. The molecule has 2 aliphatic rings. The average Bonchev–Trinajstić information content (AvgIpc) is 3.16. The number of carbonyl (C=O) groups excluding carboxylic acids is 2. The van der Waals surface area contributed by atoms with Crippen molar-refractivity contribution in [1.29, 1.82) is 0 Å². The molecule has 8 heteroatoms. The minimum absolute atomic E-state index is 0.00868. The highest BCUT2D eigenvalue weighted by molar-refractivity contribution is 6.01. The zero-order valence-corrected chi connectivity index (χ0v) is 17.0. The number of aryl methyl sites for hydroxylation is 1. The van der Waals surface area contributed by atoms with Crippen LogP contribution in [-0.4, -0.2) is 42.4 Å². The Hall–Kier alpha value is -2.87. The number of fused-ring (bicyclic) bond motifs is 1. The number of hydrogen-bond acceptors (Lipinski definition) is 3. The van der Waals surface area contributed by atoms with Crippen molar-refractivity contribution in [2.24, 2.45) is 0 Å². The highest BCUT2D eigenvalue weighted by Crippen LogP contribution is 2.29. The Morgan fingerprint density at radius 2 is 1.81 bits per heavy atom. The van der Waals surface area contributed by atoms with Gasteiger partial charge in [-0.1, -0.05) is 30.3 Å². The number of amides is 2. The topological polar surface area (TPSA) is 52.7 Å². The summed E-state index contributed by atoms with van der Waals surface area (Å²) in [5.41, 5.74) is 2.01. The van der Waals surface area contributed by atoms with Crippen LogP contribution in [0.5, 0.6) is 0 Å². The molecule has 4 rings (SSSR count). The summed E-state index contributed by atoms with van der Waals surface area (Å²) in [4.78, 5) is 28.6. The Morgan fingerprint density at radius 1 is 1.06 bits per heavy atom. The van der Waals surface area contributed by atoms with Gasteiger partial charge in [-0.15, -0.1) is 0 Å². The van der Waals surface area contributed by atoms with Gasteiger partial charge in [0, 0.05) is 37.8 Å². The van der Waals surface area contributed by atoms with Crippen LogP contribution in [0.3, 0.4) is 0 Å². The van der Waals surface area contributed by atoms with E-state index in [1.807, 2.05) is 24.3 Å². The lowest BCUT2D eigenvalue weighted by Gasteiger charge is -2.29. The summed E-state index contributed by atoms with van der Waals surface area (Å²) in [6.45, 7) is 1.89. The Labute approximate surface area is 178 Å². The fourth-order valence-corrected chi connectivity index (χ4v) is 4.24. The van der Waals surface area contributed by atoms with E-state index in [1.54, 1.807) is 4.90 Å². The largest absolute Gasteiger partial charge is 0.416 e. The number of benzene rings is 2. The summed E-state index contributed by atoms with van der Waals surface area (Å²) in [6.07, 6.45) is -2.49. The predicted molar refractivity (Wildman–Crippen MR) is 110 cm³/mol. The standard InChI is InChI=1S/C23H24F3N3O2/c24-23(25,26)18-8-5-16(6-9-18)13-28-12-11-19(14-28)27-21(30)15-29-20-4-2-1-3-17(20)7-10-22(29)31/h1-6,8-9,19H,7,10-15H2,(H,27,30). The maximum atomic E-state index is 12.7. The van der Waals surface area contributed by atoms with Gasteiger partial charge < -0.3 is 10.2 Å². The molecule has 0 bridgehead atoms. The summed E-state index contributed by atoms with van der Waals surface area (Å²) in [7, 11) is 0. The highest BCUT2D eigenvalue weighted by atomic mass is 19.4. The molecule has 164 valence electrons. The van der Waals surface area contributed by atoms with Crippen molar-refractivity contribution in [1.82, 2.24) is 10.2 Å². The SMILES string of the molecule is O=C(CN1C(=O)CCc2ccccc21)NC1CCN(Cc2ccc(C(F)(F)F)cc2)C1. The van der Waals surface area contributed by atoms with E-state index in [2.05, 4.69) is 10.2 Å². The number of anilines is 1. The van der Waals surface area contributed by atoms with E-state index < -0.39 is 11.7 Å². The fourth-order valence-electron chi connectivity index (χ4n) is 4.24. The molecule has 2 amide bonds. The Morgan fingerprint density at radius 3 is 2.55 bits per heavy atom. The highest BCUT2D eigenvalue weighted by Gasteiger charge is 2.31. The van der Waals surface area contributed by atoms with Crippen molar-refractivity contribution >= 4 is 17.5 Å². The van der Waals surface area contributed by atoms with Gasteiger partial charge in [0.25, 0.3) is 0 Å². The number of hydrogen-bond donors (Lipinski definition) is 1. The molecule has 0 aromatic heterocycles. The third-order valence-electron chi connectivity index (χ3n) is 5.82. The molecule has 31 heavy (non-hydrogen) atoms. The van der Waals surface area contributed by atoms with E-state index in [-0.39, 0.29) is 24.4 Å². The van der Waals surface area contributed by atoms with Crippen LogP contribution in [0.2, 0.25) is 0 Å². The van der Waals surface area contributed by atoms with Crippen molar-refractivity contribution in [3.05, 3.63) is 65.2 Å². The Kier molecular flexibility index (Phi) is 6.00. The third kappa shape index (κ3) is 5.07. The number of para-hydroxylation sites is 1. The number of nitrogens with zero attached hydrogens (tertiary/aromatic N) is 2. The summed E-state index contributed by atoms with van der Waals surface area (Å²) < 4.78 is 38.1. The molecule has 0 spiro atoms. The minimum Gasteiger partial charge on any atom is -0.350 e. The second-order valence-corrected chi connectivity index (χ2v) is 8.09. The van der Waals surface area contributed by atoms with Crippen molar-refractivity contribution in [2.45, 2.75) is 38.0 Å². The van der Waals surface area contributed by atoms with E-state index in [9.17, 15) is 22.8 Å². The van der Waals surface area contributed by atoms with Crippen LogP contribution in [0.4, 0.5) is 18.9 Å². The zero-order chi connectivity index (χ0) is 22.0. The third-order valence-corrected chi connectivity index (χ3v) is 5.82. The number of alkyl halides is 3. The number of rotatable bonds is 5. The second-order valence-electron chi connectivity index (χ2n) is 8.09. The quantitative estimate of drug-likeness (QED) is 0.790. The molecule has 2 aromatic rings. The lowest BCUT2D eigenvalue weighted by molar-refractivity contribution is -0.137. The van der Waals surface area contributed by atoms with Crippen LogP contribution in [0.25, 0.3) is 0 Å². The molecule has 1 fully saturated rings. The van der Waals surface area contributed by atoms with Gasteiger partial charge >= 0.3 is 6.18 Å². The normalized spacial score (nSPS) is 19.4. The molecule has 1 N–H and O–H groups in total. The van der Waals surface area contributed by atoms with Gasteiger partial charge in [-0.25, -0.2) is 0 Å². The first-order valence-corrected chi connectivity index (χ1v) is 10.4. The number of halogens is 3. The number of carbonyl (C=O) groups is 2. The number of nitrogens with one attached hydrogen (secondary N) is 1. The maximum absolute atomic E-state index is 12.7. The minimum atomic E-state index is -4.34. The van der Waals surface area contributed by atoms with Crippen LogP contribution in [-0.2, 0) is 28.7 Å². The summed E-state index contributed by atoms with van der Waals surface area (Å²) in [5, 5.41) is 3.00. The van der Waals surface area contributed by atoms with Crippen LogP contribution < -0.4 is 10.2 Å². The van der Waals surface area contributed by atoms with Gasteiger partial charge in [0.1, 0.15) is 6.54 Å². The van der Waals surface area contributed by atoms with Gasteiger partial charge in [-0.3, -0.25) is 14.5 Å².